The maximum absolute atomic E-state index is 13.9. The highest BCUT2D eigenvalue weighted by Gasteiger charge is 2.35. The van der Waals surface area contributed by atoms with Crippen LogP contribution in [0.5, 0.6) is 5.75 Å². The van der Waals surface area contributed by atoms with Gasteiger partial charge in [-0.25, -0.2) is 0 Å². The molecule has 3 rings (SSSR count). The van der Waals surface area contributed by atoms with Crippen LogP contribution in [0.3, 0.4) is 0 Å². The molecule has 8 heteroatoms. The molecule has 0 aromatic heterocycles. The minimum atomic E-state index is -0.559. The first-order valence-electron chi connectivity index (χ1n) is 11.5. The summed E-state index contributed by atoms with van der Waals surface area (Å²) in [5.41, 5.74) is 3.01. The summed E-state index contributed by atoms with van der Waals surface area (Å²) < 4.78 is 5.63. The van der Waals surface area contributed by atoms with Crippen molar-refractivity contribution in [1.82, 2.24) is 5.01 Å². The maximum atomic E-state index is 13.9. The fraction of sp³-hybridized carbons (Fsp3) is 0.385. The lowest BCUT2D eigenvalue weighted by Crippen LogP contribution is -2.38. The first-order chi connectivity index (χ1) is 16.2. The normalized spacial score (nSPS) is 15.0. The van der Waals surface area contributed by atoms with Gasteiger partial charge in [-0.05, 0) is 42.5 Å². The molecule has 1 atom stereocenters. The van der Waals surface area contributed by atoms with Gasteiger partial charge in [0.25, 0.3) is 0 Å². The van der Waals surface area contributed by atoms with Crippen LogP contribution in [0.4, 0.5) is 11.4 Å². The minimum Gasteiger partial charge on any atom is -0.487 e. The molecule has 0 aliphatic carbocycles. The Hall–Kier alpha value is -3.68. The molecule has 2 aromatic rings. The van der Waals surface area contributed by atoms with Crippen LogP contribution in [0.1, 0.15) is 50.2 Å². The summed E-state index contributed by atoms with van der Waals surface area (Å²) in [7, 11) is 1.86. The molecule has 2 aromatic carbocycles. The molecule has 1 unspecified atom stereocenters. The molecule has 180 valence electrons. The van der Waals surface area contributed by atoms with Crippen LogP contribution in [0.25, 0.3) is 0 Å². The van der Waals surface area contributed by atoms with E-state index in [0.717, 1.165) is 12.2 Å². The lowest BCUT2D eigenvalue weighted by Gasteiger charge is -2.31. The molecule has 1 heterocycles. The number of ether oxygens (including phenoxy) is 1. The van der Waals surface area contributed by atoms with Crippen LogP contribution < -0.4 is 9.64 Å². The Bertz CT molecular complexity index is 1080. The van der Waals surface area contributed by atoms with Gasteiger partial charge in [0.1, 0.15) is 0 Å². The van der Waals surface area contributed by atoms with Gasteiger partial charge in [-0.1, -0.05) is 44.7 Å². The zero-order valence-corrected chi connectivity index (χ0v) is 20.2. The number of nitrogens with zero attached hydrogens (tertiary/aromatic N) is 4. The van der Waals surface area contributed by atoms with Gasteiger partial charge in [0.15, 0.2) is 0 Å². The largest absolute Gasteiger partial charge is 0.487 e. The number of para-hydroxylation sites is 1. The van der Waals surface area contributed by atoms with E-state index in [0.29, 0.717) is 23.5 Å². The van der Waals surface area contributed by atoms with Crippen molar-refractivity contribution in [2.24, 2.45) is 5.10 Å². The van der Waals surface area contributed by atoms with Gasteiger partial charge in [-0.3, -0.25) is 14.9 Å². The van der Waals surface area contributed by atoms with Crippen LogP contribution in [0.2, 0.25) is 0 Å². The standard InChI is InChI=1S/C26H32N4O4/c1-6-28(5)27-16-19(4)17-29(21-12-10-20(11-13-21)18(2)3)26(31)23-14-15-34-25-22(23)8-7-9-24(25)30(32)33/h7-13,16,18,23H,4,6,14-15,17H2,1-3,5H3/b27-16-. The summed E-state index contributed by atoms with van der Waals surface area (Å²) in [4.78, 5) is 26.6. The van der Waals surface area contributed by atoms with E-state index in [4.69, 9.17) is 4.74 Å². The quantitative estimate of drug-likeness (QED) is 0.292. The highest BCUT2D eigenvalue weighted by Crippen LogP contribution is 2.41. The number of hydrazone groups is 1. The number of benzene rings is 2. The molecule has 0 spiro atoms. The number of nitro groups is 1. The van der Waals surface area contributed by atoms with Gasteiger partial charge in [0, 0.05) is 30.9 Å². The Labute approximate surface area is 200 Å². The number of amides is 1. The van der Waals surface area contributed by atoms with E-state index in [-0.39, 0.29) is 30.5 Å². The molecule has 0 N–H and O–H groups in total. The molecule has 0 saturated heterocycles. The van der Waals surface area contributed by atoms with Crippen molar-refractivity contribution >= 4 is 23.5 Å². The molecule has 0 fully saturated rings. The van der Waals surface area contributed by atoms with Gasteiger partial charge < -0.3 is 14.6 Å². The predicted octanol–water partition coefficient (Wildman–Crippen LogP) is 5.11. The van der Waals surface area contributed by atoms with Crippen molar-refractivity contribution in [1.29, 1.82) is 0 Å². The zero-order valence-electron chi connectivity index (χ0n) is 20.2. The Kier molecular flexibility index (Phi) is 8.04. The van der Waals surface area contributed by atoms with Crippen molar-refractivity contribution in [2.75, 3.05) is 31.6 Å². The van der Waals surface area contributed by atoms with Crippen LogP contribution >= 0.6 is 0 Å². The van der Waals surface area contributed by atoms with E-state index in [1.165, 1.54) is 11.6 Å². The monoisotopic (exact) mass is 464 g/mol. The van der Waals surface area contributed by atoms with Crippen LogP contribution in [-0.4, -0.2) is 48.8 Å². The fourth-order valence-electron chi connectivity index (χ4n) is 3.84. The molecule has 34 heavy (non-hydrogen) atoms. The first kappa shape index (κ1) is 25.0. The van der Waals surface area contributed by atoms with Crippen molar-refractivity contribution in [3.8, 4) is 5.75 Å². The van der Waals surface area contributed by atoms with E-state index in [1.54, 1.807) is 28.3 Å². The van der Waals surface area contributed by atoms with Crippen molar-refractivity contribution in [2.45, 2.75) is 39.0 Å². The molecular formula is C26H32N4O4. The van der Waals surface area contributed by atoms with E-state index >= 15 is 0 Å². The molecule has 1 aliphatic heterocycles. The smallest absolute Gasteiger partial charge is 0.311 e. The highest BCUT2D eigenvalue weighted by molar-refractivity contribution is 6.00. The molecular weight excluding hydrogens is 432 g/mol. The van der Waals surface area contributed by atoms with Gasteiger partial charge >= 0.3 is 5.69 Å². The van der Waals surface area contributed by atoms with Gasteiger partial charge in [-0.15, -0.1) is 0 Å². The third-order valence-corrected chi connectivity index (χ3v) is 5.94. The Morgan fingerprint density at radius 3 is 2.62 bits per heavy atom. The topological polar surface area (TPSA) is 88.3 Å². The molecule has 0 bridgehead atoms. The molecule has 1 amide bonds. The summed E-state index contributed by atoms with van der Waals surface area (Å²) in [5, 5.41) is 17.6. The highest BCUT2D eigenvalue weighted by atomic mass is 16.6. The number of anilines is 1. The van der Waals surface area contributed by atoms with Crippen LogP contribution in [0, 0.1) is 10.1 Å². The number of nitro benzene ring substituents is 1. The van der Waals surface area contributed by atoms with E-state index in [1.807, 2.05) is 38.2 Å². The fourth-order valence-corrected chi connectivity index (χ4v) is 3.84. The van der Waals surface area contributed by atoms with E-state index in [2.05, 4.69) is 25.5 Å². The Balaban J connectivity index is 1.97. The lowest BCUT2D eigenvalue weighted by molar-refractivity contribution is -0.386. The summed E-state index contributed by atoms with van der Waals surface area (Å²) in [6.07, 6.45) is 2.10. The summed E-state index contributed by atoms with van der Waals surface area (Å²) >= 11 is 0. The number of carbonyl (C=O) groups is 1. The minimum absolute atomic E-state index is 0.123. The number of rotatable bonds is 9. The SMILES string of the molecule is C=C(/C=N\N(C)CC)CN(C(=O)C1CCOc2c1cccc2[N+](=O)[O-])c1ccc(C(C)C)cc1. The molecule has 0 radical (unpaired) electrons. The van der Waals surface area contributed by atoms with Crippen LogP contribution in [0.15, 0.2) is 59.7 Å². The van der Waals surface area contributed by atoms with Gasteiger partial charge in [0.05, 0.1) is 30.2 Å². The van der Waals surface area contributed by atoms with Gasteiger partial charge in [-0.2, -0.15) is 5.10 Å². The van der Waals surface area contributed by atoms with E-state index < -0.39 is 10.8 Å². The van der Waals surface area contributed by atoms with Gasteiger partial charge in [0.2, 0.25) is 11.7 Å². The number of hydrogen-bond donors (Lipinski definition) is 0. The zero-order chi connectivity index (χ0) is 24.8. The average Bonchev–Trinajstić information content (AvgIpc) is 2.84. The molecule has 1 aliphatic rings. The summed E-state index contributed by atoms with van der Waals surface area (Å²) in [6, 6.07) is 12.6. The first-order valence-corrected chi connectivity index (χ1v) is 11.5. The average molecular weight is 465 g/mol. The maximum Gasteiger partial charge on any atom is 0.311 e. The molecule has 8 nitrogen and oxygen atoms in total. The predicted molar refractivity (Wildman–Crippen MR) is 135 cm³/mol. The van der Waals surface area contributed by atoms with Crippen molar-refractivity contribution in [3.63, 3.8) is 0 Å². The third-order valence-electron chi connectivity index (χ3n) is 5.94. The van der Waals surface area contributed by atoms with E-state index in [9.17, 15) is 14.9 Å². The number of carbonyl (C=O) groups excluding carboxylic acids is 1. The second-order valence-electron chi connectivity index (χ2n) is 8.69. The lowest BCUT2D eigenvalue weighted by atomic mass is 9.90. The Morgan fingerprint density at radius 1 is 1.29 bits per heavy atom. The molecule has 0 saturated carbocycles. The second kappa shape index (κ2) is 11.0. The Morgan fingerprint density at radius 2 is 2.00 bits per heavy atom. The second-order valence-corrected chi connectivity index (χ2v) is 8.69. The van der Waals surface area contributed by atoms with Crippen LogP contribution in [-0.2, 0) is 4.79 Å². The number of hydrogen-bond acceptors (Lipinski definition) is 6. The third kappa shape index (κ3) is 5.62. The van der Waals surface area contributed by atoms with Crippen molar-refractivity contribution < 1.29 is 14.5 Å². The number of fused-ring (bicyclic) bond motifs is 1. The summed E-state index contributed by atoms with van der Waals surface area (Å²) in [5.74, 6) is -0.165. The summed E-state index contributed by atoms with van der Waals surface area (Å²) in [6.45, 7) is 11.6. The van der Waals surface area contributed by atoms with Crippen molar-refractivity contribution in [3.05, 3.63) is 75.9 Å².